The number of nitrogens with zero attached hydrogens (tertiary/aromatic N) is 6. The van der Waals surface area contributed by atoms with Gasteiger partial charge in [-0.2, -0.15) is 0 Å². The fourth-order valence-corrected chi connectivity index (χ4v) is 3.62. The predicted molar refractivity (Wildman–Crippen MR) is 107 cm³/mol. The van der Waals surface area contributed by atoms with Crippen LogP contribution >= 0.6 is 11.6 Å². The van der Waals surface area contributed by atoms with Gasteiger partial charge in [-0.3, -0.25) is 14.6 Å². The molecule has 1 aromatic rings. The van der Waals surface area contributed by atoms with Gasteiger partial charge in [0.1, 0.15) is 18.8 Å². The molecular formula is C19H20ClN6O2+. The summed E-state index contributed by atoms with van der Waals surface area (Å²) in [6.45, 7) is 6.72. The molecule has 144 valence electrons. The van der Waals surface area contributed by atoms with Gasteiger partial charge < -0.3 is 0 Å². The summed E-state index contributed by atoms with van der Waals surface area (Å²) in [6.07, 6.45) is 0. The minimum Gasteiger partial charge on any atom is -0.270 e. The molecule has 1 saturated heterocycles. The fourth-order valence-electron chi connectivity index (χ4n) is 3.49. The van der Waals surface area contributed by atoms with Crippen molar-refractivity contribution in [3.05, 3.63) is 47.0 Å². The van der Waals surface area contributed by atoms with E-state index in [9.17, 15) is 9.59 Å². The standard InChI is InChI=1S/C19H20ClN6O2/c1-11(2)9-26-18-21-16-15(17(27)24(4)19(28)23(16)3)25(18)10-14(22-26)12-5-7-13(20)8-6-12/h5-8,15H,1,9-10H2,2-4H3/q+1. The van der Waals surface area contributed by atoms with Gasteiger partial charge in [0.05, 0.1) is 0 Å². The number of urea groups is 1. The van der Waals surface area contributed by atoms with Crippen LogP contribution in [0.2, 0.25) is 5.02 Å². The van der Waals surface area contributed by atoms with Crippen LogP contribution in [0.15, 0.2) is 46.5 Å². The van der Waals surface area contributed by atoms with Gasteiger partial charge in [0.15, 0.2) is 0 Å². The summed E-state index contributed by atoms with van der Waals surface area (Å²) in [4.78, 5) is 32.3. The van der Waals surface area contributed by atoms with Crippen molar-refractivity contribution >= 4 is 41.0 Å². The monoisotopic (exact) mass is 399 g/mol. The lowest BCUT2D eigenvalue weighted by molar-refractivity contribution is -0.527. The van der Waals surface area contributed by atoms with Crippen molar-refractivity contribution in [2.45, 2.75) is 13.0 Å². The molecule has 0 aromatic heterocycles. The molecule has 9 heteroatoms. The van der Waals surface area contributed by atoms with E-state index in [4.69, 9.17) is 16.7 Å². The largest absolute Gasteiger partial charge is 0.417 e. The molecule has 1 atom stereocenters. The number of benzene rings is 1. The Hall–Kier alpha value is -3.00. The number of guanidine groups is 1. The third-order valence-corrected chi connectivity index (χ3v) is 5.15. The molecule has 1 aromatic carbocycles. The summed E-state index contributed by atoms with van der Waals surface area (Å²) in [5.41, 5.74) is 2.59. The zero-order valence-corrected chi connectivity index (χ0v) is 16.6. The molecule has 3 heterocycles. The summed E-state index contributed by atoms with van der Waals surface area (Å²) < 4.78 is 1.89. The van der Waals surface area contributed by atoms with Crippen molar-refractivity contribution in [3.63, 3.8) is 0 Å². The molecule has 0 spiro atoms. The molecule has 3 aliphatic heterocycles. The maximum atomic E-state index is 12.9. The van der Waals surface area contributed by atoms with Crippen LogP contribution in [0.3, 0.4) is 0 Å². The van der Waals surface area contributed by atoms with Crippen LogP contribution < -0.4 is 0 Å². The first-order valence-electron chi connectivity index (χ1n) is 8.80. The van der Waals surface area contributed by atoms with Crippen molar-refractivity contribution in [2.75, 3.05) is 27.2 Å². The Balaban J connectivity index is 1.77. The number of hydrogen-bond donors (Lipinski definition) is 0. The van der Waals surface area contributed by atoms with E-state index >= 15 is 0 Å². The predicted octanol–water partition coefficient (Wildman–Crippen LogP) is 1.61. The molecule has 0 aliphatic carbocycles. The van der Waals surface area contributed by atoms with Crippen LogP contribution in [0.5, 0.6) is 0 Å². The molecule has 0 saturated carbocycles. The number of imide groups is 1. The maximum Gasteiger partial charge on any atom is 0.417 e. The van der Waals surface area contributed by atoms with E-state index in [0.29, 0.717) is 29.9 Å². The molecule has 4 rings (SSSR count). The average molecular weight is 400 g/mol. The summed E-state index contributed by atoms with van der Waals surface area (Å²) in [7, 11) is 3.11. The molecule has 1 unspecified atom stereocenters. The third-order valence-electron chi connectivity index (χ3n) is 4.90. The molecular weight excluding hydrogens is 380 g/mol. The van der Waals surface area contributed by atoms with Crippen molar-refractivity contribution in [1.82, 2.24) is 14.8 Å². The second-order valence-corrected chi connectivity index (χ2v) is 7.54. The smallest absolute Gasteiger partial charge is 0.270 e. The molecule has 1 fully saturated rings. The number of amides is 3. The number of rotatable bonds is 3. The van der Waals surface area contributed by atoms with Gasteiger partial charge in [-0.05, 0) is 24.6 Å². The normalized spacial score (nSPS) is 21.6. The minimum atomic E-state index is -0.659. The molecule has 28 heavy (non-hydrogen) atoms. The molecule has 3 aliphatic rings. The first kappa shape index (κ1) is 18.4. The van der Waals surface area contributed by atoms with Crippen molar-refractivity contribution in [1.29, 1.82) is 0 Å². The van der Waals surface area contributed by atoms with Crippen LogP contribution in [0.1, 0.15) is 12.5 Å². The number of amidine groups is 1. The van der Waals surface area contributed by atoms with Crippen molar-refractivity contribution in [2.24, 2.45) is 10.1 Å². The van der Waals surface area contributed by atoms with Gasteiger partial charge in [0.25, 0.3) is 5.91 Å². The van der Waals surface area contributed by atoms with E-state index in [0.717, 1.165) is 21.7 Å². The Labute approximate surface area is 167 Å². The summed E-state index contributed by atoms with van der Waals surface area (Å²) in [5.74, 6) is 0.663. The first-order valence-corrected chi connectivity index (χ1v) is 9.18. The zero-order valence-electron chi connectivity index (χ0n) is 15.9. The maximum absolute atomic E-state index is 12.9. The highest BCUT2D eigenvalue weighted by molar-refractivity contribution is 6.30. The van der Waals surface area contributed by atoms with Crippen LogP contribution in [-0.4, -0.2) is 82.1 Å². The lowest BCUT2D eigenvalue weighted by atomic mass is 10.1. The topological polar surface area (TPSA) is 71.6 Å². The second kappa shape index (κ2) is 6.56. The summed E-state index contributed by atoms with van der Waals surface area (Å²) in [5, 5.41) is 7.11. The number of carbonyl (C=O) groups excluding carboxylic acids is 2. The quantitative estimate of drug-likeness (QED) is 0.572. The Morgan fingerprint density at radius 1 is 1.25 bits per heavy atom. The van der Waals surface area contributed by atoms with E-state index in [-0.39, 0.29) is 5.91 Å². The molecule has 0 N–H and O–H groups in total. The Morgan fingerprint density at radius 3 is 2.57 bits per heavy atom. The summed E-state index contributed by atoms with van der Waals surface area (Å²) in [6, 6.07) is 6.35. The SMILES string of the molecule is C=C(C)CN1N=C(c2ccc(Cl)cc2)C[N+]2=C1N=C1C2C(=O)N(C)C(=O)N1C. The first-order chi connectivity index (χ1) is 13.3. The molecule has 8 nitrogen and oxygen atoms in total. The van der Waals surface area contributed by atoms with Crippen LogP contribution in [0.25, 0.3) is 0 Å². The van der Waals surface area contributed by atoms with E-state index in [1.54, 1.807) is 24.2 Å². The molecule has 0 bridgehead atoms. The van der Waals surface area contributed by atoms with Crippen LogP contribution in [0.4, 0.5) is 4.79 Å². The Kier molecular flexibility index (Phi) is 4.30. The highest BCUT2D eigenvalue weighted by Gasteiger charge is 2.53. The second-order valence-electron chi connectivity index (χ2n) is 7.11. The highest BCUT2D eigenvalue weighted by atomic mass is 35.5. The van der Waals surface area contributed by atoms with Crippen molar-refractivity contribution in [3.8, 4) is 0 Å². The van der Waals surface area contributed by atoms with Gasteiger partial charge in [0.2, 0.25) is 11.9 Å². The van der Waals surface area contributed by atoms with Crippen molar-refractivity contribution < 1.29 is 14.2 Å². The zero-order chi connectivity index (χ0) is 20.2. The fraction of sp³-hybridized carbons (Fsp3) is 0.316. The summed E-state index contributed by atoms with van der Waals surface area (Å²) >= 11 is 6.01. The number of carbonyl (C=O) groups is 2. The number of hydrazone groups is 1. The van der Waals surface area contributed by atoms with Crippen LogP contribution in [0, 0.1) is 0 Å². The number of halogens is 1. The molecule has 3 amide bonds. The molecule has 0 radical (unpaired) electrons. The van der Waals surface area contributed by atoms with Crippen LogP contribution in [-0.2, 0) is 4.79 Å². The average Bonchev–Trinajstić information content (AvgIpc) is 3.05. The lowest BCUT2D eigenvalue weighted by Gasteiger charge is -2.32. The van der Waals surface area contributed by atoms with E-state index in [1.807, 2.05) is 23.6 Å². The number of hydrogen-bond acceptors (Lipinski definition) is 5. The van der Waals surface area contributed by atoms with Gasteiger partial charge in [-0.15, -0.1) is 10.1 Å². The Bertz CT molecular complexity index is 994. The van der Waals surface area contributed by atoms with E-state index in [2.05, 4.69) is 11.6 Å². The number of fused-ring (bicyclic) bond motifs is 2. The number of aliphatic imine (C=N–C) groups is 1. The lowest BCUT2D eigenvalue weighted by Crippen LogP contribution is -2.62. The van der Waals surface area contributed by atoms with E-state index < -0.39 is 12.1 Å². The van der Waals surface area contributed by atoms with Gasteiger partial charge in [-0.1, -0.05) is 35.3 Å². The van der Waals surface area contributed by atoms with Gasteiger partial charge >= 0.3 is 12.0 Å². The highest BCUT2D eigenvalue weighted by Crippen LogP contribution is 2.24. The van der Waals surface area contributed by atoms with Gasteiger partial charge in [0, 0.05) is 24.7 Å². The van der Waals surface area contributed by atoms with E-state index in [1.165, 1.54) is 11.9 Å². The minimum absolute atomic E-state index is 0.301. The van der Waals surface area contributed by atoms with Gasteiger partial charge in [-0.25, -0.2) is 9.37 Å². The Morgan fingerprint density at radius 2 is 1.93 bits per heavy atom. The number of likely N-dealkylation sites (N-methyl/N-ethyl adjacent to an activating group) is 2. The third kappa shape index (κ3) is 2.80.